The minimum Gasteiger partial charge on any atom is -0.324 e. The van der Waals surface area contributed by atoms with Crippen molar-refractivity contribution in [1.82, 2.24) is 39.9 Å². The topological polar surface area (TPSA) is 143 Å². The molecule has 10 nitrogen and oxygen atoms in total. The van der Waals surface area contributed by atoms with Crippen LogP contribution in [0.5, 0.6) is 0 Å². The SMILES string of the molecule is O=S(=O)(Cl)c1cccc2c3nc4nc(nc5[nH]c(nc6nc(nc([nH]3)c12)-c1ccccc1-6)c1ccccc51)-c1ccccc1-4.[Cu]. The first-order valence-electron chi connectivity index (χ1n) is 13.6. The zero-order valence-corrected chi connectivity index (χ0v) is 25.3. The molecular weight excluding hydrogens is 659 g/mol. The number of hydrogen-bond donors (Lipinski definition) is 2. The average Bonchev–Trinajstić information content (AvgIpc) is 3.76. The fourth-order valence-corrected chi connectivity index (χ4v) is 6.94. The van der Waals surface area contributed by atoms with E-state index in [4.69, 9.17) is 40.6 Å². The molecule has 5 heterocycles. The molecule has 9 rings (SSSR count). The van der Waals surface area contributed by atoms with Crippen LogP contribution in [0.2, 0.25) is 0 Å². The van der Waals surface area contributed by atoms with Crippen molar-refractivity contribution in [2.75, 3.05) is 0 Å². The molecule has 13 heteroatoms. The van der Waals surface area contributed by atoms with E-state index < -0.39 is 9.05 Å². The first kappa shape index (κ1) is 27.5. The zero-order valence-electron chi connectivity index (χ0n) is 22.7. The van der Waals surface area contributed by atoms with E-state index in [0.29, 0.717) is 51.0 Å². The zero-order chi connectivity index (χ0) is 29.6. The molecule has 0 saturated carbocycles. The predicted octanol–water partition coefficient (Wildman–Crippen LogP) is 6.79. The van der Waals surface area contributed by atoms with Crippen molar-refractivity contribution in [3.05, 3.63) is 91.0 Å². The summed E-state index contributed by atoms with van der Waals surface area (Å²) in [5.74, 6) is 1.71. The number of fused-ring (bicyclic) bond motifs is 20. The van der Waals surface area contributed by atoms with Gasteiger partial charge in [0.05, 0.1) is 4.90 Å². The normalized spacial score (nSPS) is 12.1. The van der Waals surface area contributed by atoms with Crippen molar-refractivity contribution in [3.8, 4) is 45.6 Å². The molecule has 2 N–H and O–H groups in total. The second-order valence-electron chi connectivity index (χ2n) is 10.4. The van der Waals surface area contributed by atoms with Crippen LogP contribution in [0.4, 0.5) is 0 Å². The Morgan fingerprint density at radius 2 is 0.844 bits per heavy atom. The molecule has 45 heavy (non-hydrogen) atoms. The van der Waals surface area contributed by atoms with Crippen LogP contribution < -0.4 is 0 Å². The van der Waals surface area contributed by atoms with Crippen LogP contribution in [0.3, 0.4) is 0 Å². The Kier molecular flexibility index (Phi) is 6.13. The molecule has 0 aliphatic carbocycles. The Bertz CT molecular complexity index is 2670. The Balaban J connectivity index is 0.00000300. The summed E-state index contributed by atoms with van der Waals surface area (Å²) in [6.07, 6.45) is 0. The molecular formula is C32H17ClCuN8O2S. The molecule has 4 aromatic carbocycles. The van der Waals surface area contributed by atoms with Crippen LogP contribution >= 0.6 is 10.7 Å². The molecule has 7 aromatic rings. The number of nitrogens with zero attached hydrogens (tertiary/aromatic N) is 6. The summed E-state index contributed by atoms with van der Waals surface area (Å²) in [4.78, 5) is 35.9. The number of hydrogen-bond acceptors (Lipinski definition) is 8. The van der Waals surface area contributed by atoms with E-state index in [1.807, 2.05) is 72.8 Å². The van der Waals surface area contributed by atoms with Crippen molar-refractivity contribution in [1.29, 1.82) is 0 Å². The van der Waals surface area contributed by atoms with E-state index >= 15 is 0 Å². The molecule has 0 atom stereocenters. The maximum absolute atomic E-state index is 12.7. The second kappa shape index (κ2) is 10.0. The number of aromatic nitrogens is 8. The summed E-state index contributed by atoms with van der Waals surface area (Å²) >= 11 is 0. The van der Waals surface area contributed by atoms with Gasteiger partial charge >= 0.3 is 0 Å². The van der Waals surface area contributed by atoms with E-state index in [2.05, 4.69) is 9.97 Å². The number of rotatable bonds is 1. The number of nitrogens with one attached hydrogen (secondary N) is 2. The van der Waals surface area contributed by atoms with Gasteiger partial charge in [-0.2, -0.15) is 0 Å². The average molecular weight is 677 g/mol. The quantitative estimate of drug-likeness (QED) is 0.143. The number of H-pyrrole nitrogens is 2. The molecule has 8 bridgehead atoms. The van der Waals surface area contributed by atoms with Crippen molar-refractivity contribution in [3.63, 3.8) is 0 Å². The van der Waals surface area contributed by atoms with Gasteiger partial charge in [-0.25, -0.2) is 38.3 Å². The van der Waals surface area contributed by atoms with Crippen LogP contribution in [-0.4, -0.2) is 48.3 Å². The summed E-state index contributed by atoms with van der Waals surface area (Å²) in [6.45, 7) is 0. The van der Waals surface area contributed by atoms with E-state index in [-0.39, 0.29) is 27.6 Å². The van der Waals surface area contributed by atoms with Gasteiger partial charge in [0.25, 0.3) is 9.05 Å². The number of halogens is 1. The molecule has 221 valence electrons. The first-order chi connectivity index (χ1) is 21.4. The third kappa shape index (κ3) is 4.26. The third-order valence-electron chi connectivity index (χ3n) is 7.80. The molecule has 2 aliphatic rings. The summed E-state index contributed by atoms with van der Waals surface area (Å²) in [5.41, 5.74) is 4.93. The molecule has 0 amide bonds. The van der Waals surface area contributed by atoms with Gasteiger partial charge in [0.1, 0.15) is 22.6 Å². The third-order valence-corrected chi connectivity index (χ3v) is 9.17. The standard InChI is InChI=1S/C32H17ClN8O2S.Cu/c33-44(42,43)23-15-7-14-22-24(23)32-40-30-21-13-6-5-12-20(21)28(38-30)36-26-17-9-2-1-8-16(17)25(34-26)35-27-18-10-3-4-11-19(18)29(37-27)39-31(22)41-32;/h1-15H,(H2,34,35,36,37,38,39,40,41);. The molecule has 1 radical (unpaired) electrons. The smallest absolute Gasteiger partial charge is 0.262 e. The van der Waals surface area contributed by atoms with Gasteiger partial charge in [-0.15, -0.1) is 0 Å². The van der Waals surface area contributed by atoms with Gasteiger partial charge < -0.3 is 9.97 Å². The van der Waals surface area contributed by atoms with Gasteiger partial charge in [0.15, 0.2) is 23.3 Å². The van der Waals surface area contributed by atoms with E-state index in [1.165, 1.54) is 6.07 Å². The number of aromatic amines is 2. The van der Waals surface area contributed by atoms with Crippen molar-refractivity contribution >= 4 is 63.9 Å². The molecule has 0 unspecified atom stereocenters. The van der Waals surface area contributed by atoms with Gasteiger partial charge in [0.2, 0.25) is 0 Å². The van der Waals surface area contributed by atoms with Gasteiger partial charge in [-0.05, 0) is 6.07 Å². The van der Waals surface area contributed by atoms with Gasteiger partial charge in [-0.3, -0.25) is 0 Å². The summed E-state index contributed by atoms with van der Waals surface area (Å²) in [6, 6.07) is 28.0. The second-order valence-corrected chi connectivity index (χ2v) is 12.9. The summed E-state index contributed by atoms with van der Waals surface area (Å²) < 4.78 is 25.5. The molecule has 3 aromatic heterocycles. The largest absolute Gasteiger partial charge is 0.324 e. The van der Waals surface area contributed by atoms with Crippen molar-refractivity contribution < 1.29 is 25.5 Å². The number of benzene rings is 4. The summed E-state index contributed by atoms with van der Waals surface area (Å²) in [7, 11) is 1.78. The van der Waals surface area contributed by atoms with Crippen molar-refractivity contribution in [2.45, 2.75) is 4.90 Å². The molecule has 0 spiro atoms. The van der Waals surface area contributed by atoms with Gasteiger partial charge in [0, 0.05) is 71.5 Å². The molecule has 0 saturated heterocycles. The Morgan fingerprint density at radius 1 is 0.467 bits per heavy atom. The Morgan fingerprint density at radius 3 is 1.31 bits per heavy atom. The maximum Gasteiger partial charge on any atom is 0.262 e. The minimum atomic E-state index is -4.14. The van der Waals surface area contributed by atoms with Crippen LogP contribution in [0.1, 0.15) is 0 Å². The van der Waals surface area contributed by atoms with E-state index in [9.17, 15) is 8.42 Å². The Labute approximate surface area is 269 Å². The van der Waals surface area contributed by atoms with E-state index in [0.717, 1.165) is 33.0 Å². The van der Waals surface area contributed by atoms with Crippen LogP contribution in [0, 0.1) is 0 Å². The maximum atomic E-state index is 12.7. The Hall–Kier alpha value is -5.00. The van der Waals surface area contributed by atoms with Crippen LogP contribution in [0.15, 0.2) is 95.9 Å². The fourth-order valence-electron chi connectivity index (χ4n) is 5.86. The first-order valence-corrected chi connectivity index (χ1v) is 15.9. The van der Waals surface area contributed by atoms with E-state index in [1.54, 1.807) is 12.1 Å². The molecule has 0 fully saturated rings. The van der Waals surface area contributed by atoms with Crippen molar-refractivity contribution in [2.24, 2.45) is 0 Å². The predicted molar refractivity (Wildman–Crippen MR) is 169 cm³/mol. The fraction of sp³-hybridized carbons (Fsp3) is 0. The minimum absolute atomic E-state index is 0. The monoisotopic (exact) mass is 675 g/mol. The van der Waals surface area contributed by atoms with Crippen LogP contribution in [-0.2, 0) is 26.1 Å². The van der Waals surface area contributed by atoms with Gasteiger partial charge in [-0.1, -0.05) is 84.9 Å². The molecule has 2 aliphatic heterocycles. The summed E-state index contributed by atoms with van der Waals surface area (Å²) in [5, 5.41) is 2.58. The van der Waals surface area contributed by atoms with Crippen LogP contribution in [0.25, 0.3) is 89.7 Å².